The number of anilines is 1. The molecule has 0 unspecified atom stereocenters. The van der Waals surface area contributed by atoms with Gasteiger partial charge in [0.2, 0.25) is 5.91 Å². The van der Waals surface area contributed by atoms with E-state index in [0.717, 1.165) is 16.3 Å². The molecule has 0 aliphatic heterocycles. The zero-order valence-electron chi connectivity index (χ0n) is 15.4. The lowest BCUT2D eigenvalue weighted by molar-refractivity contribution is -0.115. The number of carbonyl (C=O) groups is 1. The topological polar surface area (TPSA) is 68.5 Å². The molecule has 5 nitrogen and oxygen atoms in total. The van der Waals surface area contributed by atoms with Crippen molar-refractivity contribution < 1.29 is 13.9 Å². The Morgan fingerprint density at radius 2 is 1.75 bits per heavy atom. The highest BCUT2D eigenvalue weighted by Crippen LogP contribution is 2.28. The highest BCUT2D eigenvalue weighted by molar-refractivity contribution is 6.06. The lowest BCUT2D eigenvalue weighted by Gasteiger charge is -2.09. The maximum atomic E-state index is 12.5. The Balaban J connectivity index is 1.68. The van der Waals surface area contributed by atoms with Crippen LogP contribution in [-0.4, -0.2) is 5.91 Å². The minimum Gasteiger partial charge on any atom is -0.489 e. The van der Waals surface area contributed by atoms with Gasteiger partial charge in [0.25, 0.3) is 0 Å². The molecule has 140 valence electrons. The summed E-state index contributed by atoms with van der Waals surface area (Å²) in [5.41, 5.74) is 1.65. The van der Waals surface area contributed by atoms with Crippen molar-refractivity contribution in [2.45, 2.75) is 20.0 Å². The zero-order chi connectivity index (χ0) is 19.5. The first-order valence-corrected chi connectivity index (χ1v) is 9.11. The molecule has 0 bridgehead atoms. The van der Waals surface area contributed by atoms with Crippen molar-refractivity contribution in [1.82, 2.24) is 0 Å². The summed E-state index contributed by atoms with van der Waals surface area (Å²) in [5.74, 6) is 0.524. The number of benzene rings is 3. The van der Waals surface area contributed by atoms with E-state index in [0.29, 0.717) is 35.4 Å². The van der Waals surface area contributed by atoms with Gasteiger partial charge in [0.05, 0.1) is 5.39 Å². The lowest BCUT2D eigenvalue weighted by Crippen LogP contribution is -2.10. The highest BCUT2D eigenvalue weighted by atomic mass is 16.5. The van der Waals surface area contributed by atoms with Gasteiger partial charge in [-0.25, -0.2) is 4.79 Å². The first-order valence-electron chi connectivity index (χ1n) is 9.11. The second kappa shape index (κ2) is 7.56. The molecule has 0 fully saturated rings. The van der Waals surface area contributed by atoms with Crippen LogP contribution in [0, 0.1) is 0 Å². The van der Waals surface area contributed by atoms with Crippen molar-refractivity contribution in [3.05, 3.63) is 82.7 Å². The third-order valence-corrected chi connectivity index (χ3v) is 4.54. The number of nitrogens with one attached hydrogen (secondary N) is 1. The van der Waals surface area contributed by atoms with E-state index in [2.05, 4.69) is 5.32 Å². The van der Waals surface area contributed by atoms with Crippen molar-refractivity contribution in [1.29, 1.82) is 0 Å². The summed E-state index contributed by atoms with van der Waals surface area (Å²) in [5, 5.41) is 4.78. The monoisotopic (exact) mass is 373 g/mol. The van der Waals surface area contributed by atoms with Crippen LogP contribution in [-0.2, 0) is 11.4 Å². The number of hydrogen-bond acceptors (Lipinski definition) is 4. The smallest absolute Gasteiger partial charge is 0.344 e. The average molecular weight is 373 g/mol. The molecule has 0 atom stereocenters. The fourth-order valence-electron chi connectivity index (χ4n) is 3.07. The molecule has 3 aromatic carbocycles. The van der Waals surface area contributed by atoms with Crippen LogP contribution in [0.1, 0.15) is 18.9 Å². The van der Waals surface area contributed by atoms with Gasteiger partial charge >= 0.3 is 5.63 Å². The normalized spacial score (nSPS) is 10.9. The van der Waals surface area contributed by atoms with E-state index in [9.17, 15) is 9.59 Å². The number of carbonyl (C=O) groups excluding carboxylic acids is 1. The van der Waals surface area contributed by atoms with Gasteiger partial charge in [0, 0.05) is 28.9 Å². The average Bonchev–Trinajstić information content (AvgIpc) is 2.73. The molecule has 5 heteroatoms. The van der Waals surface area contributed by atoms with E-state index >= 15 is 0 Å². The van der Waals surface area contributed by atoms with Crippen LogP contribution in [0.15, 0.2) is 75.9 Å². The summed E-state index contributed by atoms with van der Waals surface area (Å²) >= 11 is 0. The van der Waals surface area contributed by atoms with Gasteiger partial charge in [-0.15, -0.1) is 0 Å². The predicted molar refractivity (Wildman–Crippen MR) is 110 cm³/mol. The largest absolute Gasteiger partial charge is 0.489 e. The number of hydrogen-bond donors (Lipinski definition) is 1. The second-order valence-electron chi connectivity index (χ2n) is 6.48. The van der Waals surface area contributed by atoms with Crippen LogP contribution < -0.4 is 15.7 Å². The maximum absolute atomic E-state index is 12.5. The predicted octanol–water partition coefficient (Wildman–Crippen LogP) is 4.87. The third kappa shape index (κ3) is 3.60. The van der Waals surface area contributed by atoms with Gasteiger partial charge in [-0.2, -0.15) is 0 Å². The minimum atomic E-state index is -0.449. The van der Waals surface area contributed by atoms with Crippen molar-refractivity contribution in [3.63, 3.8) is 0 Å². The van der Waals surface area contributed by atoms with Crippen LogP contribution in [0.2, 0.25) is 0 Å². The van der Waals surface area contributed by atoms with E-state index in [-0.39, 0.29) is 5.91 Å². The number of amides is 1. The fourth-order valence-corrected chi connectivity index (χ4v) is 3.07. The fraction of sp³-hybridized carbons (Fsp3) is 0.130. The quantitative estimate of drug-likeness (QED) is 0.400. The number of rotatable bonds is 5. The lowest BCUT2D eigenvalue weighted by atomic mass is 10.1. The molecular formula is C23H19NO4. The van der Waals surface area contributed by atoms with E-state index in [4.69, 9.17) is 9.15 Å². The van der Waals surface area contributed by atoms with Crippen molar-refractivity contribution >= 4 is 33.3 Å². The summed E-state index contributed by atoms with van der Waals surface area (Å²) in [6, 6.07) is 20.6. The molecule has 0 saturated carbocycles. The van der Waals surface area contributed by atoms with Crippen LogP contribution in [0.25, 0.3) is 21.7 Å². The Morgan fingerprint density at radius 3 is 2.54 bits per heavy atom. The molecule has 1 N–H and O–H groups in total. The van der Waals surface area contributed by atoms with Gasteiger partial charge < -0.3 is 14.5 Å². The van der Waals surface area contributed by atoms with Gasteiger partial charge in [0.1, 0.15) is 17.9 Å². The van der Waals surface area contributed by atoms with E-state index in [1.54, 1.807) is 25.1 Å². The molecule has 0 radical (unpaired) electrons. The minimum absolute atomic E-state index is 0.107. The Labute approximate surface area is 161 Å². The number of ether oxygens (including phenoxy) is 1. The zero-order valence-corrected chi connectivity index (χ0v) is 15.4. The molecule has 1 aromatic heterocycles. The van der Waals surface area contributed by atoms with Crippen molar-refractivity contribution in [3.8, 4) is 5.75 Å². The Kier molecular flexibility index (Phi) is 4.81. The molecule has 1 amide bonds. The van der Waals surface area contributed by atoms with Crippen LogP contribution >= 0.6 is 0 Å². The van der Waals surface area contributed by atoms with Gasteiger partial charge in [-0.05, 0) is 29.8 Å². The van der Waals surface area contributed by atoms with Gasteiger partial charge in [-0.3, -0.25) is 4.79 Å². The molecule has 28 heavy (non-hydrogen) atoms. The molecule has 0 spiro atoms. The third-order valence-electron chi connectivity index (χ3n) is 4.54. The summed E-state index contributed by atoms with van der Waals surface area (Å²) < 4.78 is 11.3. The van der Waals surface area contributed by atoms with Crippen LogP contribution in [0.3, 0.4) is 0 Å². The molecule has 1 heterocycles. The molecule has 4 rings (SSSR count). The summed E-state index contributed by atoms with van der Waals surface area (Å²) in [6.07, 6.45) is 0.371. The highest BCUT2D eigenvalue weighted by Gasteiger charge is 2.10. The Morgan fingerprint density at radius 1 is 0.964 bits per heavy atom. The number of fused-ring (bicyclic) bond motifs is 3. The molecule has 0 saturated heterocycles. The van der Waals surface area contributed by atoms with Crippen molar-refractivity contribution in [2.24, 2.45) is 0 Å². The first kappa shape index (κ1) is 17.8. The summed E-state index contributed by atoms with van der Waals surface area (Å²) in [6.45, 7) is 2.21. The van der Waals surface area contributed by atoms with Crippen LogP contribution in [0.4, 0.5) is 5.69 Å². The summed E-state index contributed by atoms with van der Waals surface area (Å²) in [4.78, 5) is 24.1. The summed E-state index contributed by atoms with van der Waals surface area (Å²) in [7, 11) is 0. The van der Waals surface area contributed by atoms with Gasteiger partial charge in [0.15, 0.2) is 0 Å². The van der Waals surface area contributed by atoms with E-state index in [1.165, 1.54) is 0 Å². The van der Waals surface area contributed by atoms with E-state index < -0.39 is 5.63 Å². The SMILES string of the molecule is CCC(=O)Nc1ccc2c(c1)c(=O)oc1cc(OCc3ccccc3)ccc12. The molecule has 0 aliphatic rings. The van der Waals surface area contributed by atoms with Crippen LogP contribution in [0.5, 0.6) is 5.75 Å². The molecule has 0 aliphatic carbocycles. The Hall–Kier alpha value is -3.60. The maximum Gasteiger partial charge on any atom is 0.344 e. The molecule has 4 aromatic rings. The first-order chi connectivity index (χ1) is 13.6. The van der Waals surface area contributed by atoms with E-state index in [1.807, 2.05) is 48.5 Å². The molecular weight excluding hydrogens is 354 g/mol. The van der Waals surface area contributed by atoms with Crippen molar-refractivity contribution in [2.75, 3.05) is 5.32 Å². The second-order valence-corrected chi connectivity index (χ2v) is 6.48. The van der Waals surface area contributed by atoms with Gasteiger partial charge in [-0.1, -0.05) is 43.3 Å². The Bertz CT molecular complexity index is 1210. The standard InChI is InChI=1S/C23H19NO4/c1-2-22(25)24-16-8-10-18-19-11-9-17(27-14-15-6-4-3-5-7-15)13-21(19)28-23(26)20(18)12-16/h3-13H,2,14H2,1H3,(H,24,25).